The first kappa shape index (κ1) is 16.6. The Morgan fingerprint density at radius 3 is 3.00 bits per heavy atom. The fourth-order valence-corrected chi connectivity index (χ4v) is 4.75. The zero-order chi connectivity index (χ0) is 16.1. The second kappa shape index (κ2) is 8.02. The summed E-state index contributed by atoms with van der Waals surface area (Å²) in [7, 11) is 0. The molecule has 1 saturated carbocycles. The zero-order valence-electron chi connectivity index (χ0n) is 13.3. The van der Waals surface area contributed by atoms with Crippen molar-refractivity contribution in [2.24, 2.45) is 0 Å². The molecular formula is C17H22N2O2S2. The van der Waals surface area contributed by atoms with E-state index in [4.69, 9.17) is 4.74 Å². The summed E-state index contributed by atoms with van der Waals surface area (Å²) in [6.45, 7) is 2.64. The maximum absolute atomic E-state index is 12.1. The maximum Gasteiger partial charge on any atom is 0.230 e. The van der Waals surface area contributed by atoms with Crippen LogP contribution in [0.25, 0.3) is 10.2 Å². The van der Waals surface area contributed by atoms with E-state index in [0.29, 0.717) is 18.4 Å². The summed E-state index contributed by atoms with van der Waals surface area (Å²) in [5, 5.41) is 3.15. The lowest BCUT2D eigenvalue weighted by Crippen LogP contribution is -2.37. The minimum absolute atomic E-state index is 0.121. The average molecular weight is 351 g/mol. The maximum atomic E-state index is 12.1. The lowest BCUT2D eigenvalue weighted by molar-refractivity contribution is -0.119. The summed E-state index contributed by atoms with van der Waals surface area (Å²) < 4.78 is 7.55. The molecule has 23 heavy (non-hydrogen) atoms. The Morgan fingerprint density at radius 2 is 2.22 bits per heavy atom. The largest absolute Gasteiger partial charge is 0.494 e. The van der Waals surface area contributed by atoms with Crippen LogP contribution in [0.1, 0.15) is 39.0 Å². The number of hydrogen-bond donors (Lipinski definition) is 1. The van der Waals surface area contributed by atoms with Crippen molar-refractivity contribution in [1.82, 2.24) is 10.3 Å². The number of hydrogen-bond acceptors (Lipinski definition) is 5. The molecule has 0 saturated heterocycles. The Morgan fingerprint density at radius 1 is 1.39 bits per heavy atom. The molecule has 1 aliphatic rings. The highest BCUT2D eigenvalue weighted by Gasteiger charge is 2.16. The predicted molar refractivity (Wildman–Crippen MR) is 96.5 cm³/mol. The van der Waals surface area contributed by atoms with Gasteiger partial charge in [-0.3, -0.25) is 4.79 Å². The van der Waals surface area contributed by atoms with Crippen molar-refractivity contribution in [3.8, 4) is 5.75 Å². The minimum atomic E-state index is 0.121. The van der Waals surface area contributed by atoms with Gasteiger partial charge in [0.25, 0.3) is 0 Å². The summed E-state index contributed by atoms with van der Waals surface area (Å²) in [5.74, 6) is 1.43. The van der Waals surface area contributed by atoms with Crippen LogP contribution in [-0.2, 0) is 4.79 Å². The number of ether oxygens (including phenoxy) is 1. The summed E-state index contributed by atoms with van der Waals surface area (Å²) in [4.78, 5) is 16.6. The van der Waals surface area contributed by atoms with Gasteiger partial charge in [-0.25, -0.2) is 4.98 Å². The first-order valence-electron chi connectivity index (χ1n) is 8.20. The first-order valence-corrected chi connectivity index (χ1v) is 10.0. The number of nitrogens with zero attached hydrogens (tertiary/aromatic N) is 1. The monoisotopic (exact) mass is 350 g/mol. The summed E-state index contributed by atoms with van der Waals surface area (Å²) >= 11 is 3.13. The summed E-state index contributed by atoms with van der Waals surface area (Å²) in [6.07, 6.45) is 6.02. The van der Waals surface area contributed by atoms with E-state index >= 15 is 0 Å². The molecule has 1 heterocycles. The van der Waals surface area contributed by atoms with Crippen LogP contribution in [0, 0.1) is 0 Å². The predicted octanol–water partition coefficient (Wildman–Crippen LogP) is 4.24. The van der Waals surface area contributed by atoms with Gasteiger partial charge in [0.2, 0.25) is 5.91 Å². The smallest absolute Gasteiger partial charge is 0.230 e. The molecule has 0 spiro atoms. The summed E-state index contributed by atoms with van der Waals surface area (Å²) in [5.41, 5.74) is 0.966. The van der Waals surface area contributed by atoms with E-state index in [2.05, 4.69) is 10.3 Å². The molecule has 6 heteroatoms. The van der Waals surface area contributed by atoms with Gasteiger partial charge in [0.1, 0.15) is 5.75 Å². The van der Waals surface area contributed by atoms with Crippen LogP contribution in [0.2, 0.25) is 0 Å². The second-order valence-electron chi connectivity index (χ2n) is 5.73. The van der Waals surface area contributed by atoms with E-state index in [9.17, 15) is 4.79 Å². The lowest BCUT2D eigenvalue weighted by atomic mass is 9.95. The molecule has 2 aromatic rings. The molecule has 1 fully saturated rings. The third-order valence-electron chi connectivity index (χ3n) is 3.95. The van der Waals surface area contributed by atoms with Gasteiger partial charge < -0.3 is 10.1 Å². The number of carbonyl (C=O) groups excluding carboxylic acids is 1. The van der Waals surface area contributed by atoms with E-state index in [1.54, 1.807) is 11.3 Å². The van der Waals surface area contributed by atoms with E-state index < -0.39 is 0 Å². The van der Waals surface area contributed by atoms with Gasteiger partial charge >= 0.3 is 0 Å². The van der Waals surface area contributed by atoms with Crippen molar-refractivity contribution in [1.29, 1.82) is 0 Å². The van der Waals surface area contributed by atoms with Crippen molar-refractivity contribution < 1.29 is 9.53 Å². The third-order valence-corrected chi connectivity index (χ3v) is 6.11. The fourth-order valence-electron chi connectivity index (χ4n) is 2.85. The normalized spacial score (nSPS) is 15.7. The van der Waals surface area contributed by atoms with E-state index in [-0.39, 0.29) is 5.91 Å². The molecule has 1 amide bonds. The SMILES string of the molecule is CCOc1ccc2nc(SCC(=O)NC3CCCCC3)sc2c1. The number of fused-ring (bicyclic) bond motifs is 1. The molecule has 124 valence electrons. The highest BCUT2D eigenvalue weighted by molar-refractivity contribution is 8.01. The fraction of sp³-hybridized carbons (Fsp3) is 0.529. The van der Waals surface area contributed by atoms with E-state index in [1.165, 1.54) is 31.0 Å². The summed E-state index contributed by atoms with van der Waals surface area (Å²) in [6, 6.07) is 6.31. The highest BCUT2D eigenvalue weighted by atomic mass is 32.2. The molecule has 1 aromatic carbocycles. The van der Waals surface area contributed by atoms with Crippen LogP contribution in [0.5, 0.6) is 5.75 Å². The molecular weight excluding hydrogens is 328 g/mol. The van der Waals surface area contributed by atoms with Crippen LogP contribution in [0.3, 0.4) is 0 Å². The molecule has 0 radical (unpaired) electrons. The number of rotatable bonds is 6. The van der Waals surface area contributed by atoms with Crippen molar-refractivity contribution in [3.63, 3.8) is 0 Å². The molecule has 0 atom stereocenters. The Balaban J connectivity index is 1.55. The van der Waals surface area contributed by atoms with Crippen LogP contribution >= 0.6 is 23.1 Å². The van der Waals surface area contributed by atoms with Crippen LogP contribution in [0.4, 0.5) is 0 Å². The second-order valence-corrected chi connectivity index (χ2v) is 7.99. The number of benzene rings is 1. The Bertz CT molecular complexity index is 666. The van der Waals surface area contributed by atoms with Gasteiger partial charge in [-0.2, -0.15) is 0 Å². The number of carbonyl (C=O) groups is 1. The van der Waals surface area contributed by atoms with Gasteiger partial charge in [-0.1, -0.05) is 31.0 Å². The van der Waals surface area contributed by atoms with E-state index in [1.807, 2.05) is 25.1 Å². The van der Waals surface area contributed by atoms with Gasteiger partial charge in [0.05, 0.1) is 22.6 Å². The Hall–Kier alpha value is -1.27. The molecule has 4 nitrogen and oxygen atoms in total. The quantitative estimate of drug-likeness (QED) is 0.792. The van der Waals surface area contributed by atoms with Crippen molar-refractivity contribution in [2.45, 2.75) is 49.4 Å². The van der Waals surface area contributed by atoms with Gasteiger partial charge in [0.15, 0.2) is 4.34 Å². The number of amides is 1. The van der Waals surface area contributed by atoms with Gasteiger partial charge in [0, 0.05) is 6.04 Å². The highest BCUT2D eigenvalue weighted by Crippen LogP contribution is 2.31. The van der Waals surface area contributed by atoms with Crippen molar-refractivity contribution in [2.75, 3.05) is 12.4 Å². The zero-order valence-corrected chi connectivity index (χ0v) is 15.0. The molecule has 0 aliphatic heterocycles. The third kappa shape index (κ3) is 4.61. The lowest BCUT2D eigenvalue weighted by Gasteiger charge is -2.22. The standard InChI is InChI=1S/C17H22N2O2S2/c1-2-21-13-8-9-14-15(10-13)23-17(19-14)22-11-16(20)18-12-6-4-3-5-7-12/h8-10,12H,2-7,11H2,1H3,(H,18,20). The molecule has 1 aliphatic carbocycles. The Kier molecular flexibility index (Phi) is 5.78. The minimum Gasteiger partial charge on any atom is -0.494 e. The van der Waals surface area contributed by atoms with Gasteiger partial charge in [-0.15, -0.1) is 11.3 Å². The van der Waals surface area contributed by atoms with Crippen LogP contribution < -0.4 is 10.1 Å². The molecule has 3 rings (SSSR count). The molecule has 1 N–H and O–H groups in total. The van der Waals surface area contributed by atoms with Crippen LogP contribution in [0.15, 0.2) is 22.5 Å². The number of aromatic nitrogens is 1. The topological polar surface area (TPSA) is 51.2 Å². The number of thiazole rings is 1. The van der Waals surface area contributed by atoms with Crippen molar-refractivity contribution in [3.05, 3.63) is 18.2 Å². The first-order chi connectivity index (χ1) is 11.2. The Labute approximate surface area is 145 Å². The van der Waals surface area contributed by atoms with E-state index in [0.717, 1.165) is 33.1 Å². The average Bonchev–Trinajstić information content (AvgIpc) is 2.96. The van der Waals surface area contributed by atoms with Gasteiger partial charge in [-0.05, 0) is 38.0 Å². The molecule has 0 bridgehead atoms. The molecule has 1 aromatic heterocycles. The van der Waals surface area contributed by atoms with Crippen molar-refractivity contribution >= 4 is 39.2 Å². The number of thioether (sulfide) groups is 1. The van der Waals surface area contributed by atoms with Crippen LogP contribution in [-0.4, -0.2) is 29.3 Å². The molecule has 0 unspecified atom stereocenters. The number of nitrogens with one attached hydrogen (secondary N) is 1.